The molecule has 36 heavy (non-hydrogen) atoms. The van der Waals surface area contributed by atoms with E-state index in [1.54, 1.807) is 0 Å². The molecule has 2 aliphatic rings. The van der Waals surface area contributed by atoms with Gasteiger partial charge in [-0.1, -0.05) is 54.1 Å². The van der Waals surface area contributed by atoms with Gasteiger partial charge in [0.25, 0.3) is 11.8 Å². The van der Waals surface area contributed by atoms with E-state index < -0.39 is 35.6 Å². The molecular weight excluding hydrogens is 532 g/mol. The molecule has 2 aliphatic heterocycles. The number of nitrogens with zero attached hydrogens (tertiary/aromatic N) is 1. The summed E-state index contributed by atoms with van der Waals surface area (Å²) in [6.07, 6.45) is 7.93. The third-order valence-electron chi connectivity index (χ3n) is 6.23. The van der Waals surface area contributed by atoms with Crippen LogP contribution in [0.2, 0.25) is 0 Å². The molecule has 3 N–H and O–H groups in total. The average Bonchev–Trinajstić information content (AvgIpc) is 3.10. The molecule has 0 spiro atoms. The Balaban J connectivity index is 1.48. The van der Waals surface area contributed by atoms with Gasteiger partial charge in [0, 0.05) is 18.2 Å². The van der Waals surface area contributed by atoms with E-state index in [1.807, 2.05) is 0 Å². The van der Waals surface area contributed by atoms with Crippen molar-refractivity contribution in [3.63, 3.8) is 0 Å². The monoisotopic (exact) mass is 562 g/mol. The Morgan fingerprint density at radius 2 is 1.64 bits per heavy atom. The van der Waals surface area contributed by atoms with Crippen molar-refractivity contribution in [3.8, 4) is 0 Å². The Kier molecular flexibility index (Phi) is 10.2. The van der Waals surface area contributed by atoms with Crippen molar-refractivity contribution in [2.45, 2.75) is 70.3 Å². The van der Waals surface area contributed by atoms with Gasteiger partial charge < -0.3 is 10.6 Å². The van der Waals surface area contributed by atoms with E-state index in [9.17, 15) is 28.8 Å². The zero-order valence-corrected chi connectivity index (χ0v) is 21.7. The summed E-state index contributed by atoms with van der Waals surface area (Å²) in [7, 11) is 0. The minimum Gasteiger partial charge on any atom is -0.347 e. The number of hydrogen-bond acceptors (Lipinski definition) is 6. The third-order valence-corrected chi connectivity index (χ3v) is 6.79. The molecule has 1 atom stereocenters. The maximum Gasteiger partial charge on any atom is 0.264 e. The van der Waals surface area contributed by atoms with Crippen LogP contribution in [0.1, 0.15) is 84.9 Å². The third kappa shape index (κ3) is 6.99. The molecule has 1 unspecified atom stereocenters. The van der Waals surface area contributed by atoms with Crippen LogP contribution in [0.4, 0.5) is 5.69 Å². The molecule has 0 aromatic heterocycles. The van der Waals surface area contributed by atoms with Crippen molar-refractivity contribution in [1.29, 1.82) is 0 Å². The van der Waals surface area contributed by atoms with Crippen molar-refractivity contribution < 1.29 is 28.8 Å². The molecule has 3 rings (SSSR count). The van der Waals surface area contributed by atoms with E-state index in [0.717, 1.165) is 35.9 Å². The van der Waals surface area contributed by atoms with Crippen LogP contribution in [-0.2, 0) is 19.2 Å². The number of anilines is 1. The van der Waals surface area contributed by atoms with Gasteiger partial charge in [0.2, 0.25) is 23.6 Å². The fourth-order valence-electron chi connectivity index (χ4n) is 4.34. The largest absolute Gasteiger partial charge is 0.347 e. The summed E-state index contributed by atoms with van der Waals surface area (Å²) in [5.41, 5.74) is 0.182. The van der Waals surface area contributed by atoms with E-state index >= 15 is 0 Å². The van der Waals surface area contributed by atoms with E-state index in [-0.39, 0.29) is 42.1 Å². The summed E-state index contributed by atoms with van der Waals surface area (Å²) >= 11 is 3.42. The second kappa shape index (κ2) is 13.3. The van der Waals surface area contributed by atoms with E-state index in [2.05, 4.69) is 31.9 Å². The fourth-order valence-corrected chi connectivity index (χ4v) is 4.74. The van der Waals surface area contributed by atoms with Crippen LogP contribution in [0.5, 0.6) is 0 Å². The normalized spacial score (nSPS) is 17.1. The molecule has 6 amide bonds. The van der Waals surface area contributed by atoms with Gasteiger partial charge in [0.05, 0.1) is 23.4 Å². The first-order valence-electron chi connectivity index (χ1n) is 12.3. The number of alkyl halides is 1. The van der Waals surface area contributed by atoms with Gasteiger partial charge in [-0.2, -0.15) is 0 Å². The Morgan fingerprint density at radius 3 is 2.33 bits per heavy atom. The number of piperidine rings is 1. The van der Waals surface area contributed by atoms with Crippen LogP contribution in [0.3, 0.4) is 0 Å². The predicted molar refractivity (Wildman–Crippen MR) is 135 cm³/mol. The number of halogens is 1. The molecule has 10 nitrogen and oxygen atoms in total. The smallest absolute Gasteiger partial charge is 0.264 e. The SMILES string of the molecule is O=C(CCCCCCCCCBr)NCC(=O)Nc1cccc2c1C(=O)N(C1CCC(=O)NC1=O)C2=O. The lowest BCUT2D eigenvalue weighted by molar-refractivity contribution is -0.136. The van der Waals surface area contributed by atoms with Crippen LogP contribution in [0.25, 0.3) is 0 Å². The molecule has 1 aromatic rings. The van der Waals surface area contributed by atoms with Crippen LogP contribution in [0.15, 0.2) is 18.2 Å². The second-order valence-corrected chi connectivity index (χ2v) is 9.71. The molecule has 0 bridgehead atoms. The summed E-state index contributed by atoms with van der Waals surface area (Å²) in [6.45, 7) is -0.270. The lowest BCUT2D eigenvalue weighted by atomic mass is 10.0. The van der Waals surface area contributed by atoms with E-state index in [0.29, 0.717) is 6.42 Å². The minimum atomic E-state index is -1.09. The number of carbonyl (C=O) groups excluding carboxylic acids is 6. The number of fused-ring (bicyclic) bond motifs is 1. The summed E-state index contributed by atoms with van der Waals surface area (Å²) in [4.78, 5) is 74.9. The molecule has 0 radical (unpaired) electrons. The van der Waals surface area contributed by atoms with Crippen molar-refractivity contribution in [2.75, 3.05) is 17.2 Å². The molecular formula is C25H31BrN4O6. The van der Waals surface area contributed by atoms with Crippen molar-refractivity contribution in [3.05, 3.63) is 29.3 Å². The van der Waals surface area contributed by atoms with Crippen LogP contribution >= 0.6 is 15.9 Å². The van der Waals surface area contributed by atoms with Crippen molar-refractivity contribution in [2.24, 2.45) is 0 Å². The average molecular weight is 563 g/mol. The molecule has 1 saturated heterocycles. The number of carbonyl (C=O) groups is 6. The Labute approximate surface area is 218 Å². The van der Waals surface area contributed by atoms with Gasteiger partial charge in [-0.3, -0.25) is 39.0 Å². The van der Waals surface area contributed by atoms with Crippen LogP contribution in [0, 0.1) is 0 Å². The number of imide groups is 2. The summed E-state index contributed by atoms with van der Waals surface area (Å²) in [5.74, 6) is -3.29. The molecule has 1 fully saturated rings. The summed E-state index contributed by atoms with van der Waals surface area (Å²) < 4.78 is 0. The molecule has 0 saturated carbocycles. The van der Waals surface area contributed by atoms with E-state index in [1.165, 1.54) is 37.5 Å². The van der Waals surface area contributed by atoms with Gasteiger partial charge >= 0.3 is 0 Å². The van der Waals surface area contributed by atoms with Gasteiger partial charge in [0.1, 0.15) is 6.04 Å². The Morgan fingerprint density at radius 1 is 0.944 bits per heavy atom. The summed E-state index contributed by atoms with van der Waals surface area (Å²) in [6, 6.07) is 3.36. The molecule has 1 aromatic carbocycles. The van der Waals surface area contributed by atoms with Crippen LogP contribution in [-0.4, -0.2) is 58.3 Å². The number of rotatable bonds is 13. The zero-order chi connectivity index (χ0) is 26.1. The minimum absolute atomic E-state index is 0.0111. The first kappa shape index (κ1) is 27.5. The molecule has 2 heterocycles. The quantitative estimate of drug-likeness (QED) is 0.192. The highest BCUT2D eigenvalue weighted by molar-refractivity contribution is 9.09. The van der Waals surface area contributed by atoms with Gasteiger partial charge in [-0.05, 0) is 31.4 Å². The van der Waals surface area contributed by atoms with Crippen molar-refractivity contribution >= 4 is 57.1 Å². The van der Waals surface area contributed by atoms with Gasteiger partial charge in [0.15, 0.2) is 0 Å². The number of benzene rings is 1. The first-order chi connectivity index (χ1) is 17.3. The van der Waals surface area contributed by atoms with Gasteiger partial charge in [-0.15, -0.1) is 0 Å². The number of nitrogens with one attached hydrogen (secondary N) is 3. The molecule has 11 heteroatoms. The lowest BCUT2D eigenvalue weighted by Crippen LogP contribution is -2.54. The molecule has 0 aliphatic carbocycles. The lowest BCUT2D eigenvalue weighted by Gasteiger charge is -2.27. The topological polar surface area (TPSA) is 142 Å². The summed E-state index contributed by atoms with van der Waals surface area (Å²) in [5, 5.41) is 8.33. The Bertz CT molecular complexity index is 1040. The fraction of sp³-hybridized carbons (Fsp3) is 0.520. The van der Waals surface area contributed by atoms with Crippen LogP contribution < -0.4 is 16.0 Å². The standard InChI is InChI=1S/C25H31BrN4O6/c26-14-7-5-3-1-2-4-6-11-19(31)27-15-21(33)28-17-10-8-9-16-22(17)25(36)30(24(16)35)18-12-13-20(32)29-23(18)34/h8-10,18H,1-7,11-15H2,(H,27,31)(H,28,33)(H,29,32,34). The van der Waals surface area contributed by atoms with Gasteiger partial charge in [-0.25, -0.2) is 0 Å². The first-order valence-corrected chi connectivity index (χ1v) is 13.4. The van der Waals surface area contributed by atoms with E-state index in [4.69, 9.17) is 0 Å². The number of hydrogen-bond donors (Lipinski definition) is 3. The predicted octanol–water partition coefficient (Wildman–Crippen LogP) is 2.66. The van der Waals surface area contributed by atoms with Crippen molar-refractivity contribution in [1.82, 2.24) is 15.5 Å². The highest BCUT2D eigenvalue weighted by Gasteiger charge is 2.45. The highest BCUT2D eigenvalue weighted by Crippen LogP contribution is 2.32. The Hall–Kier alpha value is -3.08. The number of unbranched alkanes of at least 4 members (excludes halogenated alkanes) is 6. The highest BCUT2D eigenvalue weighted by atomic mass is 79.9. The maximum atomic E-state index is 13.1. The zero-order valence-electron chi connectivity index (χ0n) is 20.1. The maximum absolute atomic E-state index is 13.1. The molecule has 194 valence electrons. The number of amides is 6. The second-order valence-electron chi connectivity index (χ2n) is 8.91.